The van der Waals surface area contributed by atoms with E-state index in [4.69, 9.17) is 0 Å². The molecule has 0 heteroatoms. The summed E-state index contributed by atoms with van der Waals surface area (Å²) in [4.78, 5) is 0. The third kappa shape index (κ3) is 1.53. The Hall–Kier alpha value is 0. The van der Waals surface area contributed by atoms with Gasteiger partial charge in [0.2, 0.25) is 0 Å². The van der Waals surface area contributed by atoms with Gasteiger partial charge in [-0.15, -0.1) is 0 Å². The van der Waals surface area contributed by atoms with Gasteiger partial charge in [-0.1, -0.05) is 39.5 Å². The van der Waals surface area contributed by atoms with Crippen LogP contribution in [0.2, 0.25) is 0 Å². The highest BCUT2D eigenvalue weighted by atomic mass is 14.5. The zero-order chi connectivity index (χ0) is 9.31. The van der Waals surface area contributed by atoms with Crippen LogP contribution in [0.5, 0.6) is 0 Å². The zero-order valence-electron chi connectivity index (χ0n) is 9.31. The van der Waals surface area contributed by atoms with Crippen molar-refractivity contribution in [3.63, 3.8) is 0 Å². The Bertz CT molecular complexity index is 157. The van der Waals surface area contributed by atoms with E-state index in [0.717, 1.165) is 17.3 Å². The highest BCUT2D eigenvalue weighted by Crippen LogP contribution is 2.54. The highest BCUT2D eigenvalue weighted by molar-refractivity contribution is 4.94. The van der Waals surface area contributed by atoms with Gasteiger partial charge >= 0.3 is 0 Å². The van der Waals surface area contributed by atoms with Crippen LogP contribution in [0.15, 0.2) is 0 Å². The van der Waals surface area contributed by atoms with Crippen LogP contribution in [0.25, 0.3) is 0 Å². The van der Waals surface area contributed by atoms with Gasteiger partial charge in [0.1, 0.15) is 0 Å². The molecular weight excluding hydrogens is 156 g/mol. The maximum atomic E-state index is 2.46. The normalized spacial score (nSPS) is 28.8. The molecule has 0 aromatic rings. The van der Waals surface area contributed by atoms with E-state index < -0.39 is 0 Å². The van der Waals surface area contributed by atoms with Crippen LogP contribution in [-0.4, -0.2) is 0 Å². The van der Waals surface area contributed by atoms with Crippen LogP contribution >= 0.6 is 0 Å². The smallest absolute Gasteiger partial charge is 0.0246 e. The lowest BCUT2D eigenvalue weighted by atomic mass is 9.66. The molecule has 0 atom stereocenters. The van der Waals surface area contributed by atoms with Gasteiger partial charge in [0.25, 0.3) is 0 Å². The van der Waals surface area contributed by atoms with Gasteiger partial charge in [-0.25, -0.2) is 0 Å². The first-order chi connectivity index (χ1) is 6.26. The van der Waals surface area contributed by atoms with E-state index in [2.05, 4.69) is 13.8 Å². The predicted molar refractivity (Wildman–Crippen MR) is 57.7 cm³/mol. The van der Waals surface area contributed by atoms with Gasteiger partial charge in [-0.3, -0.25) is 0 Å². The van der Waals surface area contributed by atoms with Gasteiger partial charge in [0.15, 0.2) is 0 Å². The van der Waals surface area contributed by atoms with Crippen LogP contribution in [-0.2, 0) is 0 Å². The fourth-order valence-electron chi connectivity index (χ4n) is 3.99. The molecule has 0 radical (unpaired) electrons. The Balaban J connectivity index is 2.11. The fourth-order valence-corrected chi connectivity index (χ4v) is 3.99. The summed E-state index contributed by atoms with van der Waals surface area (Å²) < 4.78 is 0. The molecule has 0 N–H and O–H groups in total. The van der Waals surface area contributed by atoms with E-state index in [1.165, 1.54) is 51.4 Å². The molecule has 0 nitrogen and oxygen atoms in total. The van der Waals surface area contributed by atoms with E-state index in [1.807, 2.05) is 0 Å². The largest absolute Gasteiger partial charge is 0.0622 e. The van der Waals surface area contributed by atoms with Gasteiger partial charge in [-0.05, 0) is 42.9 Å². The minimum Gasteiger partial charge on any atom is -0.0622 e. The first kappa shape index (κ1) is 9.55. The van der Waals surface area contributed by atoms with Crippen molar-refractivity contribution in [2.24, 2.45) is 17.3 Å². The topological polar surface area (TPSA) is 0 Å². The van der Waals surface area contributed by atoms with Gasteiger partial charge in [-0.2, -0.15) is 0 Å². The summed E-state index contributed by atoms with van der Waals surface area (Å²) in [6.45, 7) is 4.92. The number of hydrogen-bond donors (Lipinski definition) is 0. The van der Waals surface area contributed by atoms with Gasteiger partial charge in [0, 0.05) is 0 Å². The molecule has 2 aliphatic rings. The number of hydrogen-bond acceptors (Lipinski definition) is 0. The van der Waals surface area contributed by atoms with Crippen molar-refractivity contribution < 1.29 is 0 Å². The molecule has 0 bridgehead atoms. The lowest BCUT2D eigenvalue weighted by Gasteiger charge is -2.39. The van der Waals surface area contributed by atoms with E-state index >= 15 is 0 Å². The van der Waals surface area contributed by atoms with Crippen molar-refractivity contribution in [3.05, 3.63) is 0 Å². The fraction of sp³-hybridized carbons (Fsp3) is 1.00. The average Bonchev–Trinajstić information content (AvgIpc) is 2.75. The van der Waals surface area contributed by atoms with Crippen molar-refractivity contribution in [2.45, 2.75) is 65.2 Å². The van der Waals surface area contributed by atoms with Gasteiger partial charge in [0.05, 0.1) is 0 Å². The second-order valence-electron chi connectivity index (χ2n) is 5.58. The summed E-state index contributed by atoms with van der Waals surface area (Å²) in [5.41, 5.74) is 0.774. The molecule has 0 unspecified atom stereocenters. The maximum absolute atomic E-state index is 2.46. The van der Waals surface area contributed by atoms with E-state index in [1.54, 1.807) is 0 Å². The molecule has 76 valence electrons. The lowest BCUT2D eigenvalue weighted by Crippen LogP contribution is -2.31. The molecule has 0 aromatic carbocycles. The highest BCUT2D eigenvalue weighted by Gasteiger charge is 2.43. The van der Waals surface area contributed by atoms with Crippen molar-refractivity contribution in [2.75, 3.05) is 0 Å². The van der Waals surface area contributed by atoms with Gasteiger partial charge < -0.3 is 0 Å². The Kier molecular flexibility index (Phi) is 2.67. The molecule has 2 rings (SSSR count). The summed E-state index contributed by atoms with van der Waals surface area (Å²) in [7, 11) is 0. The lowest BCUT2D eigenvalue weighted by molar-refractivity contribution is 0.100. The molecular formula is C13H24. The summed E-state index contributed by atoms with van der Waals surface area (Å²) >= 11 is 0. The standard InChI is InChI=1S/C13H24/c1-11(2)13(9-5-6-10-13)12-7-3-4-8-12/h11-12H,3-10H2,1-2H3. The Morgan fingerprint density at radius 2 is 1.46 bits per heavy atom. The zero-order valence-corrected chi connectivity index (χ0v) is 9.31. The van der Waals surface area contributed by atoms with Crippen molar-refractivity contribution >= 4 is 0 Å². The molecule has 0 aliphatic heterocycles. The van der Waals surface area contributed by atoms with Crippen LogP contribution in [0.3, 0.4) is 0 Å². The molecule has 2 fully saturated rings. The first-order valence-electron chi connectivity index (χ1n) is 6.26. The predicted octanol–water partition coefficient (Wildman–Crippen LogP) is 4.39. The Morgan fingerprint density at radius 3 is 1.92 bits per heavy atom. The molecule has 0 saturated heterocycles. The van der Waals surface area contributed by atoms with Crippen LogP contribution < -0.4 is 0 Å². The molecule has 0 aromatic heterocycles. The molecule has 0 spiro atoms. The van der Waals surface area contributed by atoms with Crippen LogP contribution in [0, 0.1) is 17.3 Å². The molecule has 0 heterocycles. The van der Waals surface area contributed by atoms with E-state index in [9.17, 15) is 0 Å². The Labute approximate surface area is 83.1 Å². The second kappa shape index (κ2) is 3.63. The third-order valence-electron chi connectivity index (χ3n) is 4.85. The average molecular weight is 180 g/mol. The van der Waals surface area contributed by atoms with Crippen molar-refractivity contribution in [3.8, 4) is 0 Å². The summed E-state index contributed by atoms with van der Waals surface area (Å²) in [6, 6.07) is 0. The first-order valence-corrected chi connectivity index (χ1v) is 6.26. The SMILES string of the molecule is CC(C)C1(C2CCCC2)CCCC1. The minimum absolute atomic E-state index is 0.774. The summed E-state index contributed by atoms with van der Waals surface area (Å²) in [5.74, 6) is 2.02. The molecule has 0 amide bonds. The molecule has 2 saturated carbocycles. The molecule has 13 heavy (non-hydrogen) atoms. The monoisotopic (exact) mass is 180 g/mol. The van der Waals surface area contributed by atoms with E-state index in [-0.39, 0.29) is 0 Å². The Morgan fingerprint density at radius 1 is 0.923 bits per heavy atom. The van der Waals surface area contributed by atoms with Crippen LogP contribution in [0.4, 0.5) is 0 Å². The summed E-state index contributed by atoms with van der Waals surface area (Å²) in [6.07, 6.45) is 12.2. The van der Waals surface area contributed by atoms with Crippen molar-refractivity contribution in [1.82, 2.24) is 0 Å². The second-order valence-corrected chi connectivity index (χ2v) is 5.58. The third-order valence-corrected chi connectivity index (χ3v) is 4.85. The number of rotatable bonds is 2. The van der Waals surface area contributed by atoms with Crippen LogP contribution in [0.1, 0.15) is 65.2 Å². The van der Waals surface area contributed by atoms with E-state index in [0.29, 0.717) is 0 Å². The quantitative estimate of drug-likeness (QED) is 0.591. The molecule has 2 aliphatic carbocycles. The van der Waals surface area contributed by atoms with Crippen molar-refractivity contribution in [1.29, 1.82) is 0 Å². The minimum atomic E-state index is 0.774. The summed E-state index contributed by atoms with van der Waals surface area (Å²) in [5, 5.41) is 0. The maximum Gasteiger partial charge on any atom is -0.0246 e.